The lowest BCUT2D eigenvalue weighted by Gasteiger charge is -2.35. The Morgan fingerprint density at radius 2 is 1.68 bits per heavy atom. The van der Waals surface area contributed by atoms with Crippen molar-refractivity contribution in [1.82, 2.24) is 20.4 Å². The predicted octanol–water partition coefficient (Wildman–Crippen LogP) is 2.45. The number of carbonyl (C=O) groups is 2. The third-order valence-electron chi connectivity index (χ3n) is 5.35. The molecule has 0 aromatic carbocycles. The molecule has 1 aliphatic rings. The van der Waals surface area contributed by atoms with Gasteiger partial charge in [0.05, 0.1) is 0 Å². The maximum absolute atomic E-state index is 12.5. The summed E-state index contributed by atoms with van der Waals surface area (Å²) in [6, 6.07) is 0.544. The molecule has 0 saturated carbocycles. The number of likely N-dealkylation sites (N-methyl/N-ethyl adjacent to an activating group) is 1. The van der Waals surface area contributed by atoms with E-state index in [4.69, 9.17) is 0 Å². The van der Waals surface area contributed by atoms with Crippen molar-refractivity contribution in [2.75, 3.05) is 33.7 Å². The second kappa shape index (κ2) is 14.0. The SMILES string of the molecule is CCC(C)NC(=NCC(=O)N(C)C)NC1CCN(C(=O)C(CC)CC)CC1.I. The lowest BCUT2D eigenvalue weighted by atomic mass is 9.98. The number of aliphatic imine (C=N–C) groups is 1. The summed E-state index contributed by atoms with van der Waals surface area (Å²) in [7, 11) is 3.47. The summed E-state index contributed by atoms with van der Waals surface area (Å²) < 4.78 is 0. The van der Waals surface area contributed by atoms with Crippen LogP contribution in [0.1, 0.15) is 59.8 Å². The lowest BCUT2D eigenvalue weighted by Crippen LogP contribution is -2.52. The van der Waals surface area contributed by atoms with Gasteiger partial charge in [0.15, 0.2) is 5.96 Å². The molecule has 164 valence electrons. The zero-order valence-electron chi connectivity index (χ0n) is 18.5. The van der Waals surface area contributed by atoms with Crippen molar-refractivity contribution in [2.45, 2.75) is 71.9 Å². The number of piperidine rings is 1. The lowest BCUT2D eigenvalue weighted by molar-refractivity contribution is -0.136. The molecule has 2 amide bonds. The molecule has 1 fully saturated rings. The molecule has 7 nitrogen and oxygen atoms in total. The molecule has 0 aliphatic carbocycles. The standard InChI is InChI=1S/C20H39N5O2.HI/c1-7-15(4)22-20(21-14-18(26)24(5)6)23-17-10-12-25(13-11-17)19(27)16(8-2)9-3;/h15-17H,7-14H2,1-6H3,(H2,21,22,23);1H. The number of hydrogen-bond acceptors (Lipinski definition) is 3. The minimum absolute atomic E-state index is 0. The van der Waals surface area contributed by atoms with Crippen LogP contribution in [-0.4, -0.2) is 73.4 Å². The highest BCUT2D eigenvalue weighted by molar-refractivity contribution is 14.0. The van der Waals surface area contributed by atoms with Crippen LogP contribution in [0.4, 0.5) is 0 Å². The summed E-state index contributed by atoms with van der Waals surface area (Å²) in [4.78, 5) is 32.4. The molecule has 0 aromatic heterocycles. The van der Waals surface area contributed by atoms with E-state index in [1.165, 1.54) is 0 Å². The first-order chi connectivity index (χ1) is 12.8. The van der Waals surface area contributed by atoms with Gasteiger partial charge in [0.2, 0.25) is 11.8 Å². The molecule has 1 rings (SSSR count). The molecule has 1 aliphatic heterocycles. The Kier molecular flexibility index (Phi) is 13.5. The van der Waals surface area contributed by atoms with Crippen LogP contribution in [0, 0.1) is 5.92 Å². The fourth-order valence-corrected chi connectivity index (χ4v) is 3.09. The van der Waals surface area contributed by atoms with Gasteiger partial charge < -0.3 is 20.4 Å². The molecular formula is C20H40IN5O2. The Hall–Kier alpha value is -1.06. The van der Waals surface area contributed by atoms with Crippen molar-refractivity contribution in [3.63, 3.8) is 0 Å². The van der Waals surface area contributed by atoms with Crippen molar-refractivity contribution in [3.05, 3.63) is 0 Å². The van der Waals surface area contributed by atoms with Crippen LogP contribution in [0.15, 0.2) is 4.99 Å². The number of nitrogens with one attached hydrogen (secondary N) is 2. The highest BCUT2D eigenvalue weighted by Crippen LogP contribution is 2.17. The zero-order valence-corrected chi connectivity index (χ0v) is 20.8. The molecule has 2 N–H and O–H groups in total. The van der Waals surface area contributed by atoms with E-state index in [-0.39, 0.29) is 54.4 Å². The number of amides is 2. The second-order valence-corrected chi connectivity index (χ2v) is 7.66. The third-order valence-corrected chi connectivity index (χ3v) is 5.35. The minimum atomic E-state index is -0.0224. The Bertz CT molecular complexity index is 501. The Morgan fingerprint density at radius 1 is 1.11 bits per heavy atom. The normalized spacial score (nSPS) is 16.4. The molecule has 1 atom stereocenters. The zero-order chi connectivity index (χ0) is 20.4. The van der Waals surface area contributed by atoms with Gasteiger partial charge in [-0.05, 0) is 39.0 Å². The van der Waals surface area contributed by atoms with Crippen LogP contribution in [0.3, 0.4) is 0 Å². The topological polar surface area (TPSA) is 77.0 Å². The quantitative estimate of drug-likeness (QED) is 0.300. The molecule has 0 spiro atoms. The van der Waals surface area contributed by atoms with E-state index in [0.717, 1.165) is 45.2 Å². The van der Waals surface area contributed by atoms with Crippen LogP contribution in [-0.2, 0) is 9.59 Å². The molecule has 1 saturated heterocycles. The number of nitrogens with zero attached hydrogens (tertiary/aromatic N) is 3. The summed E-state index contributed by atoms with van der Waals surface area (Å²) in [5.74, 6) is 1.10. The number of likely N-dealkylation sites (tertiary alicyclic amines) is 1. The summed E-state index contributed by atoms with van der Waals surface area (Å²) in [5, 5.41) is 6.83. The van der Waals surface area contributed by atoms with Crippen LogP contribution in [0.2, 0.25) is 0 Å². The van der Waals surface area contributed by atoms with E-state index in [1.807, 2.05) is 4.90 Å². The Balaban J connectivity index is 0.00000729. The van der Waals surface area contributed by atoms with Crippen LogP contribution < -0.4 is 10.6 Å². The van der Waals surface area contributed by atoms with Crippen LogP contribution in [0.5, 0.6) is 0 Å². The van der Waals surface area contributed by atoms with Gasteiger partial charge in [0, 0.05) is 45.2 Å². The predicted molar refractivity (Wildman–Crippen MR) is 126 cm³/mol. The molecule has 1 heterocycles. The number of halogens is 1. The van der Waals surface area contributed by atoms with Gasteiger partial charge in [0.1, 0.15) is 6.54 Å². The molecule has 0 radical (unpaired) electrons. The van der Waals surface area contributed by atoms with E-state index >= 15 is 0 Å². The first-order valence-electron chi connectivity index (χ1n) is 10.4. The van der Waals surface area contributed by atoms with Crippen LogP contribution in [0.25, 0.3) is 0 Å². The molecular weight excluding hydrogens is 469 g/mol. The van der Waals surface area contributed by atoms with Gasteiger partial charge in [-0.3, -0.25) is 9.59 Å². The maximum atomic E-state index is 12.5. The summed E-state index contributed by atoms with van der Waals surface area (Å²) in [6.45, 7) is 10.1. The van der Waals surface area contributed by atoms with Crippen LogP contribution >= 0.6 is 24.0 Å². The van der Waals surface area contributed by atoms with Crippen molar-refractivity contribution < 1.29 is 9.59 Å². The Labute approximate surface area is 188 Å². The second-order valence-electron chi connectivity index (χ2n) is 7.66. The van der Waals surface area contributed by atoms with Gasteiger partial charge in [-0.2, -0.15) is 0 Å². The molecule has 8 heteroatoms. The first kappa shape index (κ1) is 26.9. The van der Waals surface area contributed by atoms with E-state index in [2.05, 4.69) is 43.3 Å². The van der Waals surface area contributed by atoms with Gasteiger partial charge in [-0.25, -0.2) is 4.99 Å². The smallest absolute Gasteiger partial charge is 0.243 e. The highest BCUT2D eigenvalue weighted by Gasteiger charge is 2.27. The summed E-state index contributed by atoms with van der Waals surface area (Å²) >= 11 is 0. The van der Waals surface area contributed by atoms with E-state index in [9.17, 15) is 9.59 Å². The molecule has 0 aromatic rings. The van der Waals surface area contributed by atoms with Gasteiger partial charge >= 0.3 is 0 Å². The Morgan fingerprint density at radius 3 is 2.14 bits per heavy atom. The summed E-state index contributed by atoms with van der Waals surface area (Å²) in [5.41, 5.74) is 0. The monoisotopic (exact) mass is 509 g/mol. The highest BCUT2D eigenvalue weighted by atomic mass is 127. The van der Waals surface area contributed by atoms with Crippen molar-refractivity contribution in [1.29, 1.82) is 0 Å². The molecule has 28 heavy (non-hydrogen) atoms. The van der Waals surface area contributed by atoms with Crippen molar-refractivity contribution >= 4 is 41.8 Å². The number of hydrogen-bond donors (Lipinski definition) is 2. The van der Waals surface area contributed by atoms with Crippen molar-refractivity contribution in [3.8, 4) is 0 Å². The fraction of sp³-hybridized carbons (Fsp3) is 0.850. The molecule has 0 bridgehead atoms. The summed E-state index contributed by atoms with van der Waals surface area (Å²) in [6.07, 6.45) is 4.58. The third kappa shape index (κ3) is 8.96. The maximum Gasteiger partial charge on any atom is 0.243 e. The fourth-order valence-electron chi connectivity index (χ4n) is 3.09. The number of carbonyl (C=O) groups excluding carboxylic acids is 2. The first-order valence-corrected chi connectivity index (χ1v) is 10.4. The van der Waals surface area contributed by atoms with E-state index in [0.29, 0.717) is 11.9 Å². The largest absolute Gasteiger partial charge is 0.354 e. The van der Waals surface area contributed by atoms with E-state index < -0.39 is 0 Å². The van der Waals surface area contributed by atoms with Crippen molar-refractivity contribution in [2.24, 2.45) is 10.9 Å². The van der Waals surface area contributed by atoms with Gasteiger partial charge in [-0.1, -0.05) is 20.8 Å². The molecule has 1 unspecified atom stereocenters. The van der Waals surface area contributed by atoms with Gasteiger partial charge in [0.25, 0.3) is 0 Å². The minimum Gasteiger partial charge on any atom is -0.354 e. The average molecular weight is 509 g/mol. The number of rotatable bonds is 8. The number of guanidine groups is 1. The average Bonchev–Trinajstić information content (AvgIpc) is 2.66. The van der Waals surface area contributed by atoms with Gasteiger partial charge in [-0.15, -0.1) is 24.0 Å². The van der Waals surface area contributed by atoms with E-state index in [1.54, 1.807) is 19.0 Å².